The smallest absolute Gasteiger partial charge is 0.153 e. The molecule has 0 aromatic carbocycles. The Balaban J connectivity index is 2.04. The summed E-state index contributed by atoms with van der Waals surface area (Å²) in [6, 6.07) is 3.88. The van der Waals surface area contributed by atoms with Crippen molar-refractivity contribution >= 4 is 6.29 Å². The van der Waals surface area contributed by atoms with E-state index in [0.29, 0.717) is 22.9 Å². The van der Waals surface area contributed by atoms with Gasteiger partial charge in [0.15, 0.2) is 12.1 Å². The summed E-state index contributed by atoms with van der Waals surface area (Å²) in [6.45, 7) is 1.86. The molecule has 5 nitrogen and oxygen atoms in total. The summed E-state index contributed by atoms with van der Waals surface area (Å²) in [7, 11) is 0. The van der Waals surface area contributed by atoms with Gasteiger partial charge in [-0.05, 0) is 31.4 Å². The average Bonchev–Trinajstić information content (AvgIpc) is 3.18. The Hall–Kier alpha value is -2.48. The van der Waals surface area contributed by atoms with Gasteiger partial charge in [0.05, 0.1) is 16.8 Å². The SMILES string of the molecule is Cc1cc(-n2cc(C=O)c(C3CC3)n2)ncc1C#N. The Morgan fingerprint density at radius 1 is 1.53 bits per heavy atom. The highest BCUT2D eigenvalue weighted by molar-refractivity contribution is 5.76. The van der Waals surface area contributed by atoms with Gasteiger partial charge >= 0.3 is 0 Å². The van der Waals surface area contributed by atoms with Crippen molar-refractivity contribution in [2.24, 2.45) is 0 Å². The third-order valence-electron chi connectivity index (χ3n) is 3.32. The predicted octanol–water partition coefficient (Wildman–Crippen LogP) is 2.14. The van der Waals surface area contributed by atoms with Crippen LogP contribution >= 0.6 is 0 Å². The second kappa shape index (κ2) is 4.32. The summed E-state index contributed by atoms with van der Waals surface area (Å²) in [4.78, 5) is 15.3. The maximum absolute atomic E-state index is 11.1. The molecule has 0 radical (unpaired) electrons. The molecule has 0 aliphatic heterocycles. The van der Waals surface area contributed by atoms with Gasteiger partial charge < -0.3 is 0 Å². The lowest BCUT2D eigenvalue weighted by Gasteiger charge is -2.02. The number of aryl methyl sites for hydroxylation is 1. The van der Waals surface area contributed by atoms with Crippen LogP contribution in [0.3, 0.4) is 0 Å². The number of nitrogens with zero attached hydrogens (tertiary/aromatic N) is 4. The van der Waals surface area contributed by atoms with E-state index >= 15 is 0 Å². The molecular formula is C14H12N4O. The van der Waals surface area contributed by atoms with Crippen LogP contribution < -0.4 is 0 Å². The second-order valence-corrected chi connectivity index (χ2v) is 4.78. The summed E-state index contributed by atoms with van der Waals surface area (Å²) < 4.78 is 1.62. The van der Waals surface area contributed by atoms with E-state index in [1.54, 1.807) is 16.9 Å². The van der Waals surface area contributed by atoms with Crippen molar-refractivity contribution in [3.63, 3.8) is 0 Å². The lowest BCUT2D eigenvalue weighted by molar-refractivity contribution is 0.112. The molecular weight excluding hydrogens is 240 g/mol. The molecule has 1 saturated carbocycles. The van der Waals surface area contributed by atoms with E-state index in [4.69, 9.17) is 5.26 Å². The monoisotopic (exact) mass is 252 g/mol. The Labute approximate surface area is 110 Å². The van der Waals surface area contributed by atoms with E-state index in [1.807, 2.05) is 6.92 Å². The number of hydrogen-bond acceptors (Lipinski definition) is 4. The van der Waals surface area contributed by atoms with Gasteiger partial charge in [-0.25, -0.2) is 9.67 Å². The van der Waals surface area contributed by atoms with Crippen molar-refractivity contribution in [3.05, 3.63) is 40.8 Å². The van der Waals surface area contributed by atoms with Crippen LogP contribution in [0.1, 0.15) is 45.9 Å². The number of rotatable bonds is 3. The molecule has 3 rings (SSSR count). The first kappa shape index (κ1) is 11.6. The maximum atomic E-state index is 11.1. The highest BCUT2D eigenvalue weighted by atomic mass is 16.1. The van der Waals surface area contributed by atoms with Crippen LogP contribution in [0.2, 0.25) is 0 Å². The number of carbonyl (C=O) groups excluding carboxylic acids is 1. The number of aldehydes is 1. The first-order chi connectivity index (χ1) is 9.22. The zero-order valence-electron chi connectivity index (χ0n) is 10.5. The summed E-state index contributed by atoms with van der Waals surface area (Å²) in [5.41, 5.74) is 2.89. The number of aromatic nitrogens is 3. The molecule has 5 heteroatoms. The third kappa shape index (κ3) is 2.02. The molecule has 0 N–H and O–H groups in total. The fourth-order valence-corrected chi connectivity index (χ4v) is 2.07. The number of carbonyl (C=O) groups is 1. The van der Waals surface area contributed by atoms with Gasteiger partial charge in [0.25, 0.3) is 0 Å². The average molecular weight is 252 g/mol. The fourth-order valence-electron chi connectivity index (χ4n) is 2.07. The molecule has 0 saturated heterocycles. The van der Waals surface area contributed by atoms with Gasteiger partial charge in [-0.1, -0.05) is 0 Å². The molecule has 0 bridgehead atoms. The Bertz CT molecular complexity index is 692. The van der Waals surface area contributed by atoms with Crippen molar-refractivity contribution < 1.29 is 4.79 Å². The van der Waals surface area contributed by atoms with Crippen LogP contribution in [0.15, 0.2) is 18.5 Å². The van der Waals surface area contributed by atoms with Crippen LogP contribution in [0.4, 0.5) is 0 Å². The second-order valence-electron chi connectivity index (χ2n) is 4.78. The standard InChI is InChI=1S/C14H12N4O/c1-9-4-13(16-6-11(9)5-15)18-7-12(8-19)14(17-18)10-2-3-10/h4,6-8,10H,2-3H2,1H3. The molecule has 19 heavy (non-hydrogen) atoms. The molecule has 2 aromatic heterocycles. The van der Waals surface area contributed by atoms with Crippen LogP contribution in [0.25, 0.3) is 5.82 Å². The van der Waals surface area contributed by atoms with E-state index in [2.05, 4.69) is 16.2 Å². The molecule has 1 fully saturated rings. The lowest BCUT2D eigenvalue weighted by atomic mass is 10.2. The van der Waals surface area contributed by atoms with Crippen molar-refractivity contribution in [1.82, 2.24) is 14.8 Å². The van der Waals surface area contributed by atoms with E-state index in [0.717, 1.165) is 30.4 Å². The van der Waals surface area contributed by atoms with Gasteiger partial charge in [-0.3, -0.25) is 4.79 Å². The summed E-state index contributed by atoms with van der Waals surface area (Å²) >= 11 is 0. The minimum atomic E-state index is 0.418. The highest BCUT2D eigenvalue weighted by Gasteiger charge is 2.29. The van der Waals surface area contributed by atoms with Gasteiger partial charge in [-0.2, -0.15) is 10.4 Å². The van der Waals surface area contributed by atoms with Gasteiger partial charge in [-0.15, -0.1) is 0 Å². The quantitative estimate of drug-likeness (QED) is 0.784. The normalized spacial score (nSPS) is 14.1. The first-order valence-corrected chi connectivity index (χ1v) is 6.15. The van der Waals surface area contributed by atoms with E-state index < -0.39 is 0 Å². The van der Waals surface area contributed by atoms with E-state index in [9.17, 15) is 4.79 Å². The largest absolute Gasteiger partial charge is 0.298 e. The lowest BCUT2D eigenvalue weighted by Crippen LogP contribution is -2.00. The molecule has 1 aliphatic carbocycles. The van der Waals surface area contributed by atoms with Crippen LogP contribution in [0, 0.1) is 18.3 Å². The Kier molecular flexibility index (Phi) is 2.64. The van der Waals surface area contributed by atoms with E-state index in [1.165, 1.54) is 6.20 Å². The maximum Gasteiger partial charge on any atom is 0.153 e. The minimum Gasteiger partial charge on any atom is -0.298 e. The van der Waals surface area contributed by atoms with E-state index in [-0.39, 0.29) is 0 Å². The fraction of sp³-hybridized carbons (Fsp3) is 0.286. The molecule has 0 unspecified atom stereocenters. The molecule has 2 heterocycles. The zero-order chi connectivity index (χ0) is 13.4. The zero-order valence-corrected chi connectivity index (χ0v) is 10.5. The predicted molar refractivity (Wildman–Crippen MR) is 68.2 cm³/mol. The molecule has 0 amide bonds. The van der Waals surface area contributed by atoms with Gasteiger partial charge in [0.1, 0.15) is 6.07 Å². The van der Waals surface area contributed by atoms with Crippen molar-refractivity contribution in [2.45, 2.75) is 25.7 Å². The topological polar surface area (TPSA) is 71.6 Å². The highest BCUT2D eigenvalue weighted by Crippen LogP contribution is 2.40. The number of nitriles is 1. The van der Waals surface area contributed by atoms with Crippen molar-refractivity contribution in [3.8, 4) is 11.9 Å². The molecule has 94 valence electrons. The van der Waals surface area contributed by atoms with Crippen LogP contribution in [-0.4, -0.2) is 21.1 Å². The third-order valence-corrected chi connectivity index (χ3v) is 3.32. The number of hydrogen-bond donors (Lipinski definition) is 0. The van der Waals surface area contributed by atoms with Crippen molar-refractivity contribution in [2.75, 3.05) is 0 Å². The van der Waals surface area contributed by atoms with Gasteiger partial charge in [0.2, 0.25) is 0 Å². The summed E-state index contributed by atoms with van der Waals surface area (Å²) in [6.07, 6.45) is 6.27. The van der Waals surface area contributed by atoms with Crippen LogP contribution in [0.5, 0.6) is 0 Å². The van der Waals surface area contributed by atoms with Gasteiger partial charge in [0, 0.05) is 18.3 Å². The van der Waals surface area contributed by atoms with Crippen LogP contribution in [-0.2, 0) is 0 Å². The first-order valence-electron chi connectivity index (χ1n) is 6.15. The molecule has 0 atom stereocenters. The summed E-state index contributed by atoms with van der Waals surface area (Å²) in [5.74, 6) is 1.05. The molecule has 0 spiro atoms. The minimum absolute atomic E-state index is 0.418. The Morgan fingerprint density at radius 2 is 2.32 bits per heavy atom. The molecule has 2 aromatic rings. The molecule has 1 aliphatic rings. The number of pyridine rings is 1. The van der Waals surface area contributed by atoms with Crippen molar-refractivity contribution in [1.29, 1.82) is 5.26 Å². The Morgan fingerprint density at radius 3 is 2.89 bits per heavy atom. The summed E-state index contributed by atoms with van der Waals surface area (Å²) in [5, 5.41) is 13.3.